The number of ether oxygens (including phenoxy) is 1. The number of nitrogens with one attached hydrogen (secondary N) is 1. The summed E-state index contributed by atoms with van der Waals surface area (Å²) in [4.78, 5) is 0. The van der Waals surface area contributed by atoms with Crippen LogP contribution in [-0.4, -0.2) is 13.2 Å². The second-order valence-electron chi connectivity index (χ2n) is 7.00. The molecule has 5 unspecified atom stereocenters. The number of hydrogen-bond donors (Lipinski definition) is 1. The topological polar surface area (TPSA) is 21.3 Å². The van der Waals surface area contributed by atoms with Crippen LogP contribution in [0.25, 0.3) is 0 Å². The van der Waals surface area contributed by atoms with Gasteiger partial charge in [0.1, 0.15) is 5.75 Å². The van der Waals surface area contributed by atoms with Crippen molar-refractivity contribution in [2.75, 3.05) is 7.11 Å². The van der Waals surface area contributed by atoms with E-state index in [4.69, 9.17) is 4.74 Å². The Morgan fingerprint density at radius 1 is 1.24 bits per heavy atom. The number of benzene rings is 1. The third kappa shape index (κ3) is 2.96. The first kappa shape index (κ1) is 14.9. The maximum absolute atomic E-state index is 5.54. The molecule has 2 saturated carbocycles. The van der Waals surface area contributed by atoms with Gasteiger partial charge in [0.15, 0.2) is 0 Å². The summed E-state index contributed by atoms with van der Waals surface area (Å²) in [6.45, 7) is 4.65. The van der Waals surface area contributed by atoms with E-state index >= 15 is 0 Å². The van der Waals surface area contributed by atoms with Crippen molar-refractivity contribution in [3.63, 3.8) is 0 Å². The van der Waals surface area contributed by atoms with E-state index in [2.05, 4.69) is 43.4 Å². The van der Waals surface area contributed by atoms with Crippen molar-refractivity contribution in [3.8, 4) is 5.75 Å². The Balaban J connectivity index is 1.69. The van der Waals surface area contributed by atoms with Gasteiger partial charge in [-0.3, -0.25) is 0 Å². The van der Waals surface area contributed by atoms with E-state index in [9.17, 15) is 0 Å². The second-order valence-corrected chi connectivity index (χ2v) is 7.00. The largest absolute Gasteiger partial charge is 0.496 e. The van der Waals surface area contributed by atoms with E-state index in [1.54, 1.807) is 7.11 Å². The van der Waals surface area contributed by atoms with Crippen LogP contribution in [0.5, 0.6) is 5.75 Å². The predicted molar refractivity (Wildman–Crippen MR) is 87.6 cm³/mol. The molecule has 0 aromatic heterocycles. The molecule has 0 radical (unpaired) electrons. The summed E-state index contributed by atoms with van der Waals surface area (Å²) in [6, 6.07) is 9.44. The van der Waals surface area contributed by atoms with Crippen molar-refractivity contribution in [2.45, 2.75) is 58.0 Å². The summed E-state index contributed by atoms with van der Waals surface area (Å²) in [7, 11) is 1.77. The lowest BCUT2D eigenvalue weighted by Crippen LogP contribution is -2.38. The molecule has 5 atom stereocenters. The first-order valence-corrected chi connectivity index (χ1v) is 8.61. The van der Waals surface area contributed by atoms with E-state index in [1.165, 1.54) is 31.2 Å². The standard InChI is InChI=1S/C19H29NO/c1-4-18(16-7-5-6-8-19(16)21-3)20-13(2)17-12-14-9-10-15(17)11-14/h5-8,13-15,17-18,20H,4,9-12H2,1-3H3. The quantitative estimate of drug-likeness (QED) is 0.828. The highest BCUT2D eigenvalue weighted by atomic mass is 16.5. The number of methoxy groups -OCH3 is 1. The zero-order valence-electron chi connectivity index (χ0n) is 13.6. The minimum absolute atomic E-state index is 0.398. The minimum atomic E-state index is 0.398. The van der Waals surface area contributed by atoms with Gasteiger partial charge < -0.3 is 10.1 Å². The van der Waals surface area contributed by atoms with Gasteiger partial charge in [0.25, 0.3) is 0 Å². The molecule has 0 aliphatic heterocycles. The molecule has 2 aliphatic carbocycles. The monoisotopic (exact) mass is 287 g/mol. The van der Waals surface area contributed by atoms with Gasteiger partial charge in [0.2, 0.25) is 0 Å². The Labute approximate surface area is 129 Å². The van der Waals surface area contributed by atoms with Gasteiger partial charge in [-0.15, -0.1) is 0 Å². The maximum atomic E-state index is 5.54. The normalized spacial score (nSPS) is 30.3. The Kier molecular flexibility index (Phi) is 4.54. The van der Waals surface area contributed by atoms with Crippen LogP contribution in [-0.2, 0) is 0 Å². The molecule has 1 aromatic carbocycles. The molecule has 0 saturated heterocycles. The van der Waals surface area contributed by atoms with Crippen LogP contribution in [0.1, 0.15) is 57.6 Å². The van der Waals surface area contributed by atoms with Crippen LogP contribution in [0.3, 0.4) is 0 Å². The first-order chi connectivity index (χ1) is 10.2. The van der Waals surface area contributed by atoms with E-state index < -0.39 is 0 Å². The van der Waals surface area contributed by atoms with Crippen LogP contribution in [0.4, 0.5) is 0 Å². The van der Waals surface area contributed by atoms with Gasteiger partial charge >= 0.3 is 0 Å². The molecule has 1 N–H and O–H groups in total. The van der Waals surface area contributed by atoms with Crippen LogP contribution in [0.15, 0.2) is 24.3 Å². The number of hydrogen-bond acceptors (Lipinski definition) is 2. The van der Waals surface area contributed by atoms with Crippen LogP contribution >= 0.6 is 0 Å². The maximum Gasteiger partial charge on any atom is 0.123 e. The molecule has 3 rings (SSSR count). The zero-order valence-corrected chi connectivity index (χ0v) is 13.6. The van der Waals surface area contributed by atoms with Crippen LogP contribution in [0.2, 0.25) is 0 Å². The third-order valence-corrected chi connectivity index (χ3v) is 5.82. The second kappa shape index (κ2) is 6.39. The highest BCUT2D eigenvalue weighted by Gasteiger charge is 2.42. The zero-order chi connectivity index (χ0) is 14.8. The molecule has 1 aromatic rings. The van der Waals surface area contributed by atoms with Gasteiger partial charge in [-0.05, 0) is 56.4 Å². The van der Waals surface area contributed by atoms with Crippen LogP contribution in [0, 0.1) is 17.8 Å². The minimum Gasteiger partial charge on any atom is -0.496 e. The number of fused-ring (bicyclic) bond motifs is 2. The summed E-state index contributed by atoms with van der Waals surface area (Å²) in [5, 5.41) is 3.90. The van der Waals surface area contributed by atoms with Crippen molar-refractivity contribution < 1.29 is 4.74 Å². The fourth-order valence-electron chi connectivity index (χ4n) is 4.73. The average molecular weight is 287 g/mol. The van der Waals surface area contributed by atoms with Gasteiger partial charge in [-0.2, -0.15) is 0 Å². The van der Waals surface area contributed by atoms with Gasteiger partial charge in [0, 0.05) is 17.6 Å². The summed E-state index contributed by atoms with van der Waals surface area (Å²) in [5.74, 6) is 3.90. The number of rotatable bonds is 6. The molecule has 2 aliphatic rings. The van der Waals surface area contributed by atoms with Crippen molar-refractivity contribution in [3.05, 3.63) is 29.8 Å². The third-order valence-electron chi connectivity index (χ3n) is 5.82. The van der Waals surface area contributed by atoms with Crippen molar-refractivity contribution in [2.24, 2.45) is 17.8 Å². The Morgan fingerprint density at radius 3 is 2.67 bits per heavy atom. The fraction of sp³-hybridized carbons (Fsp3) is 0.684. The highest BCUT2D eigenvalue weighted by molar-refractivity contribution is 5.35. The lowest BCUT2D eigenvalue weighted by Gasteiger charge is -2.32. The lowest BCUT2D eigenvalue weighted by atomic mass is 9.83. The van der Waals surface area contributed by atoms with E-state index in [0.717, 1.165) is 29.9 Å². The molecule has 116 valence electrons. The van der Waals surface area contributed by atoms with Gasteiger partial charge in [-0.1, -0.05) is 31.5 Å². The lowest BCUT2D eigenvalue weighted by molar-refractivity contribution is 0.242. The van der Waals surface area contributed by atoms with E-state index in [1.807, 2.05) is 0 Å². The van der Waals surface area contributed by atoms with Gasteiger partial charge in [0.05, 0.1) is 7.11 Å². The first-order valence-electron chi connectivity index (χ1n) is 8.61. The summed E-state index contributed by atoms with van der Waals surface area (Å²) in [5.41, 5.74) is 1.30. The molecule has 2 bridgehead atoms. The summed E-state index contributed by atoms with van der Waals surface area (Å²) >= 11 is 0. The summed E-state index contributed by atoms with van der Waals surface area (Å²) in [6.07, 6.45) is 6.99. The van der Waals surface area contributed by atoms with Crippen LogP contribution < -0.4 is 10.1 Å². The molecule has 21 heavy (non-hydrogen) atoms. The van der Waals surface area contributed by atoms with E-state index in [-0.39, 0.29) is 0 Å². The van der Waals surface area contributed by atoms with E-state index in [0.29, 0.717) is 12.1 Å². The van der Waals surface area contributed by atoms with Crippen molar-refractivity contribution in [1.29, 1.82) is 0 Å². The molecule has 0 heterocycles. The highest BCUT2D eigenvalue weighted by Crippen LogP contribution is 2.49. The Morgan fingerprint density at radius 2 is 2.05 bits per heavy atom. The molecule has 2 heteroatoms. The van der Waals surface area contributed by atoms with Gasteiger partial charge in [-0.25, -0.2) is 0 Å². The van der Waals surface area contributed by atoms with Crippen molar-refractivity contribution in [1.82, 2.24) is 5.32 Å². The SMILES string of the molecule is CCC(NC(C)C1CC2CCC1C2)c1ccccc1OC. The fourth-order valence-corrected chi connectivity index (χ4v) is 4.73. The average Bonchev–Trinajstić information content (AvgIpc) is 3.15. The smallest absolute Gasteiger partial charge is 0.123 e. The Bertz CT molecular complexity index is 472. The molecule has 0 amide bonds. The molecule has 2 nitrogen and oxygen atoms in total. The molecule has 2 fully saturated rings. The Hall–Kier alpha value is -1.02. The summed E-state index contributed by atoms with van der Waals surface area (Å²) < 4.78 is 5.54. The predicted octanol–water partition coefficient (Wildman–Crippen LogP) is 4.56. The molecular weight excluding hydrogens is 258 g/mol. The molecule has 0 spiro atoms. The number of para-hydroxylation sites is 1. The molecular formula is C19H29NO. The van der Waals surface area contributed by atoms with Crippen molar-refractivity contribution >= 4 is 0 Å².